The monoisotopic (exact) mass is 700 g/mol. The first-order valence-corrected chi connectivity index (χ1v) is 18.9. The number of nitriles is 4. The summed E-state index contributed by atoms with van der Waals surface area (Å²) in [7, 11) is 0. The molecular weight excluding hydrogens is 669 g/mol. The van der Waals surface area contributed by atoms with Gasteiger partial charge in [0.2, 0.25) is 10.2 Å². The largest absolute Gasteiger partial charge is 0.282 e. The van der Waals surface area contributed by atoms with Crippen LogP contribution in [-0.2, 0) is 0 Å². The van der Waals surface area contributed by atoms with E-state index >= 15 is 0 Å². The highest BCUT2D eigenvalue weighted by Crippen LogP contribution is 2.49. The summed E-state index contributed by atoms with van der Waals surface area (Å²) in [5, 5.41) is 38.3. The van der Waals surface area contributed by atoms with Gasteiger partial charge >= 0.3 is 0 Å². The lowest BCUT2D eigenvalue weighted by molar-refractivity contribution is 0.108. The lowest BCUT2D eigenvalue weighted by atomic mass is 9.98. The van der Waals surface area contributed by atoms with Gasteiger partial charge in [0.1, 0.15) is 35.4 Å². The van der Waals surface area contributed by atoms with Gasteiger partial charge in [0.15, 0.2) is 0 Å². The molecule has 2 aliphatic carbocycles. The van der Waals surface area contributed by atoms with Crippen LogP contribution in [0.1, 0.15) is 87.9 Å². The van der Waals surface area contributed by atoms with E-state index in [2.05, 4.69) is 0 Å². The summed E-state index contributed by atoms with van der Waals surface area (Å²) < 4.78 is 0. The smallest absolute Gasteiger partial charge is 0.220 e. The molecule has 0 heterocycles. The van der Waals surface area contributed by atoms with Crippen molar-refractivity contribution in [3.63, 3.8) is 0 Å². The lowest BCUT2D eigenvalue weighted by Gasteiger charge is -2.09. The van der Waals surface area contributed by atoms with E-state index in [9.17, 15) is 30.6 Å². The maximum absolute atomic E-state index is 13.3. The molecule has 0 saturated carbocycles. The van der Waals surface area contributed by atoms with Crippen molar-refractivity contribution < 1.29 is 9.59 Å². The zero-order valence-corrected chi connectivity index (χ0v) is 29.5. The molecule has 2 aliphatic rings. The minimum absolute atomic E-state index is 0.000994. The second-order valence-corrected chi connectivity index (χ2v) is 14.4. The molecule has 0 spiro atoms. The Bertz CT molecular complexity index is 2100. The Kier molecular flexibility index (Phi) is 11.3. The molecule has 0 bridgehead atoms. The van der Waals surface area contributed by atoms with Gasteiger partial charge in [-0.25, -0.2) is 0 Å². The topological polar surface area (TPSA) is 129 Å². The highest BCUT2D eigenvalue weighted by atomic mass is 32.2. The van der Waals surface area contributed by atoms with E-state index in [4.69, 9.17) is 0 Å². The molecule has 4 aromatic rings. The molecule has 8 heteroatoms. The number of nitrogens with zero attached hydrogens (tertiary/aromatic N) is 4. The highest BCUT2D eigenvalue weighted by molar-refractivity contribution is 8.14. The predicted octanol–water partition coefficient (Wildman–Crippen LogP) is 10.5. The quantitative estimate of drug-likeness (QED) is 0.0911. The van der Waals surface area contributed by atoms with Crippen molar-refractivity contribution in [3.8, 4) is 46.5 Å². The van der Waals surface area contributed by atoms with Crippen LogP contribution in [0.4, 0.5) is 0 Å². The van der Waals surface area contributed by atoms with Gasteiger partial charge in [-0.15, -0.1) is 0 Å². The van der Waals surface area contributed by atoms with Crippen LogP contribution in [0.15, 0.2) is 96.1 Å². The van der Waals surface area contributed by atoms with Gasteiger partial charge in [-0.3, -0.25) is 9.59 Å². The molecule has 0 unspecified atom stereocenters. The predicted molar refractivity (Wildman–Crippen MR) is 204 cm³/mol. The zero-order valence-electron chi connectivity index (χ0n) is 27.9. The number of rotatable bonds is 12. The zero-order chi connectivity index (χ0) is 35.7. The van der Waals surface area contributed by atoms with Gasteiger partial charge in [0, 0.05) is 44.9 Å². The Labute approximate surface area is 306 Å². The number of fused-ring (bicyclic) bond motifs is 6. The Morgan fingerprint density at radius 3 is 1.14 bits per heavy atom. The number of carbonyl (C=O) groups excluding carboxylic acids is 2. The minimum Gasteiger partial charge on any atom is -0.282 e. The summed E-state index contributed by atoms with van der Waals surface area (Å²) in [6, 6.07) is 34.4. The first-order chi connectivity index (χ1) is 25.0. The van der Waals surface area contributed by atoms with Crippen molar-refractivity contribution in [2.75, 3.05) is 11.5 Å². The van der Waals surface area contributed by atoms with Crippen LogP contribution >= 0.6 is 23.5 Å². The molecule has 6 rings (SSSR count). The molecule has 0 saturated heterocycles. The van der Waals surface area contributed by atoms with Crippen molar-refractivity contribution in [1.29, 1.82) is 21.0 Å². The van der Waals surface area contributed by atoms with Crippen LogP contribution in [0.25, 0.3) is 33.4 Å². The van der Waals surface area contributed by atoms with Gasteiger partial charge in [-0.2, -0.15) is 21.0 Å². The fourth-order valence-electron chi connectivity index (χ4n) is 6.96. The van der Waals surface area contributed by atoms with E-state index in [1.807, 2.05) is 109 Å². The number of allylic oxidation sites excluding steroid dienone is 2. The van der Waals surface area contributed by atoms with Crippen molar-refractivity contribution in [3.05, 3.63) is 129 Å². The Hall–Kier alpha value is -5.64. The molecule has 0 amide bonds. The van der Waals surface area contributed by atoms with E-state index in [0.29, 0.717) is 22.3 Å². The molecule has 4 aromatic carbocycles. The van der Waals surface area contributed by atoms with Gasteiger partial charge in [-0.1, -0.05) is 128 Å². The number of thioether (sulfide) groups is 2. The van der Waals surface area contributed by atoms with Crippen LogP contribution in [0.5, 0.6) is 0 Å². The van der Waals surface area contributed by atoms with Crippen LogP contribution in [-0.4, -0.2) is 21.7 Å². The van der Waals surface area contributed by atoms with Crippen molar-refractivity contribution in [1.82, 2.24) is 0 Å². The average Bonchev–Trinajstić information content (AvgIpc) is 3.68. The molecule has 0 radical (unpaired) electrons. The van der Waals surface area contributed by atoms with Gasteiger partial charge < -0.3 is 0 Å². The molecule has 248 valence electrons. The standard InChI is InChI=1S/C43H32N4O2S2/c44-24-28(25-45)38-30-14-6-8-16-32(30)40-34(38)18-12-20-36(40)42(48)50-22-10-4-2-1-3-5-11-23-51-43(49)37-21-13-19-35-39(29(26-46)27-47)31-15-7-9-17-33(31)41(35)37/h6-9,12-21H,1-5,10-11,22-23H2. The number of benzene rings is 4. The number of hydrogen-bond acceptors (Lipinski definition) is 8. The van der Waals surface area contributed by atoms with Crippen molar-refractivity contribution >= 4 is 44.9 Å². The van der Waals surface area contributed by atoms with E-state index in [0.717, 1.165) is 101 Å². The first-order valence-electron chi connectivity index (χ1n) is 16.9. The molecule has 0 aromatic heterocycles. The van der Waals surface area contributed by atoms with Crippen molar-refractivity contribution in [2.24, 2.45) is 0 Å². The molecule has 0 aliphatic heterocycles. The summed E-state index contributed by atoms with van der Waals surface area (Å²) in [6.45, 7) is 0. The second-order valence-electron chi connectivity index (χ2n) is 12.2. The van der Waals surface area contributed by atoms with E-state index in [1.54, 1.807) is 0 Å². The molecule has 51 heavy (non-hydrogen) atoms. The average molecular weight is 701 g/mol. The Balaban J connectivity index is 0.933. The summed E-state index contributed by atoms with van der Waals surface area (Å²) in [4.78, 5) is 26.7. The Morgan fingerprint density at radius 1 is 0.431 bits per heavy atom. The normalized spacial score (nSPS) is 11.6. The van der Waals surface area contributed by atoms with E-state index in [1.165, 1.54) is 23.5 Å². The first kappa shape index (κ1) is 35.2. The molecule has 0 atom stereocenters. The third kappa shape index (κ3) is 7.04. The second kappa shape index (κ2) is 16.4. The SMILES string of the molecule is N#CC(C#N)=C1c2ccccc2-c2c(C(=O)SCCCCCCCCCSC(=O)c3cccc4c3-c3ccccc3C4=C(C#N)C#N)cccc21. The summed E-state index contributed by atoms with van der Waals surface area (Å²) in [5.41, 5.74) is 9.03. The van der Waals surface area contributed by atoms with E-state index in [-0.39, 0.29) is 21.4 Å². The van der Waals surface area contributed by atoms with Crippen LogP contribution in [0.3, 0.4) is 0 Å². The minimum atomic E-state index is 0.000994. The van der Waals surface area contributed by atoms with Crippen molar-refractivity contribution in [2.45, 2.75) is 44.9 Å². The third-order valence-corrected chi connectivity index (χ3v) is 11.2. The number of unbranched alkanes of at least 4 members (excludes halogenated alkanes) is 6. The number of hydrogen-bond donors (Lipinski definition) is 0. The maximum atomic E-state index is 13.3. The highest BCUT2D eigenvalue weighted by Gasteiger charge is 2.31. The van der Waals surface area contributed by atoms with Crippen LogP contribution in [0, 0.1) is 45.3 Å². The Morgan fingerprint density at radius 2 is 0.765 bits per heavy atom. The van der Waals surface area contributed by atoms with Gasteiger partial charge in [0.25, 0.3) is 0 Å². The molecule has 0 fully saturated rings. The number of carbonyl (C=O) groups is 2. The van der Waals surface area contributed by atoms with E-state index < -0.39 is 0 Å². The lowest BCUT2D eigenvalue weighted by Crippen LogP contribution is -1.99. The third-order valence-electron chi connectivity index (χ3n) is 9.24. The van der Waals surface area contributed by atoms with Crippen LogP contribution < -0.4 is 0 Å². The summed E-state index contributed by atoms with van der Waals surface area (Å²) in [5.74, 6) is 1.46. The fourth-order valence-corrected chi connectivity index (χ4v) is 8.67. The fraction of sp³-hybridized carbons (Fsp3) is 0.209. The molecular formula is C43H32N4O2S2. The summed E-state index contributed by atoms with van der Waals surface area (Å²) in [6.07, 6.45) is 7.25. The maximum Gasteiger partial charge on any atom is 0.220 e. The van der Waals surface area contributed by atoms with Crippen LogP contribution in [0.2, 0.25) is 0 Å². The molecule has 6 nitrogen and oxygen atoms in total. The summed E-state index contributed by atoms with van der Waals surface area (Å²) >= 11 is 2.65. The van der Waals surface area contributed by atoms with Gasteiger partial charge in [-0.05, 0) is 58.4 Å². The van der Waals surface area contributed by atoms with Gasteiger partial charge in [0.05, 0.1) is 0 Å². The molecule has 0 N–H and O–H groups in total.